The van der Waals surface area contributed by atoms with Gasteiger partial charge in [-0.15, -0.1) is 0 Å². The normalized spacial score (nSPS) is 16.7. The van der Waals surface area contributed by atoms with E-state index in [1.54, 1.807) is 35.5 Å². The Hall–Kier alpha value is -3.55. The first-order valence-electron chi connectivity index (χ1n) is 10.1. The molecule has 1 fully saturated rings. The second-order valence-corrected chi connectivity index (χ2v) is 7.44. The molecule has 0 radical (unpaired) electrons. The molecule has 0 bridgehead atoms. The fourth-order valence-electron chi connectivity index (χ4n) is 3.63. The molecule has 0 aliphatic carbocycles. The number of nitrogens with zero attached hydrogens (tertiary/aromatic N) is 6. The van der Waals surface area contributed by atoms with Gasteiger partial charge in [0.05, 0.1) is 23.8 Å². The largest absolute Gasteiger partial charge is 0.339 e. The monoisotopic (exact) mass is 403 g/mol. The van der Waals surface area contributed by atoms with Crippen molar-refractivity contribution >= 4 is 23.6 Å². The zero-order chi connectivity index (χ0) is 20.8. The van der Waals surface area contributed by atoms with Gasteiger partial charge < -0.3 is 10.2 Å². The van der Waals surface area contributed by atoms with Crippen molar-refractivity contribution in [3.63, 3.8) is 0 Å². The molecule has 3 aromatic rings. The summed E-state index contributed by atoms with van der Waals surface area (Å²) in [6, 6.07) is 7.55. The van der Waals surface area contributed by atoms with Crippen molar-refractivity contribution in [2.45, 2.75) is 19.3 Å². The molecule has 30 heavy (non-hydrogen) atoms. The molecule has 1 aliphatic heterocycles. The van der Waals surface area contributed by atoms with Crippen molar-refractivity contribution in [2.24, 2.45) is 13.0 Å². The Morgan fingerprint density at radius 3 is 2.83 bits per heavy atom. The molecule has 1 aliphatic rings. The van der Waals surface area contributed by atoms with Crippen molar-refractivity contribution in [3.05, 3.63) is 66.5 Å². The van der Waals surface area contributed by atoms with Gasteiger partial charge in [0.2, 0.25) is 5.91 Å². The molecule has 8 nitrogen and oxygen atoms in total. The minimum atomic E-state index is 0.0434. The second-order valence-electron chi connectivity index (χ2n) is 7.44. The van der Waals surface area contributed by atoms with Gasteiger partial charge in [-0.3, -0.25) is 14.5 Å². The van der Waals surface area contributed by atoms with Crippen LogP contribution in [0.15, 0.2) is 55.1 Å². The summed E-state index contributed by atoms with van der Waals surface area (Å²) in [5, 5.41) is 7.25. The SMILES string of the molecule is Cn1nccc1/C=C/C(=O)N1CCC[C@@H](Cc2cnc(Nc3ccccn3)cn2)C1. The Bertz CT molecular complexity index is 998. The van der Waals surface area contributed by atoms with Crippen molar-refractivity contribution in [1.29, 1.82) is 0 Å². The molecule has 4 heterocycles. The van der Waals surface area contributed by atoms with Crippen LogP contribution in [0.1, 0.15) is 24.2 Å². The van der Waals surface area contributed by atoms with Gasteiger partial charge in [-0.05, 0) is 49.5 Å². The molecule has 0 unspecified atom stereocenters. The highest BCUT2D eigenvalue weighted by Crippen LogP contribution is 2.21. The Morgan fingerprint density at radius 2 is 2.10 bits per heavy atom. The van der Waals surface area contributed by atoms with Gasteiger partial charge in [0, 0.05) is 38.6 Å². The third-order valence-electron chi connectivity index (χ3n) is 5.21. The maximum atomic E-state index is 12.6. The van der Waals surface area contributed by atoms with Crippen LogP contribution in [0, 0.1) is 5.92 Å². The van der Waals surface area contributed by atoms with Crippen molar-refractivity contribution in [2.75, 3.05) is 18.4 Å². The van der Waals surface area contributed by atoms with E-state index in [9.17, 15) is 4.79 Å². The first-order chi connectivity index (χ1) is 14.7. The lowest BCUT2D eigenvalue weighted by Crippen LogP contribution is -2.39. The number of likely N-dealkylation sites (tertiary alicyclic amines) is 1. The summed E-state index contributed by atoms with van der Waals surface area (Å²) in [6.07, 6.45) is 13.3. The third kappa shape index (κ3) is 5.08. The molecule has 1 N–H and O–H groups in total. The van der Waals surface area contributed by atoms with Crippen LogP contribution in [0.5, 0.6) is 0 Å². The molecule has 4 rings (SSSR count). The smallest absolute Gasteiger partial charge is 0.246 e. The molecule has 8 heteroatoms. The minimum absolute atomic E-state index is 0.0434. The number of hydrogen-bond acceptors (Lipinski definition) is 6. The van der Waals surface area contributed by atoms with Gasteiger partial charge >= 0.3 is 0 Å². The van der Waals surface area contributed by atoms with Crippen LogP contribution in [0.25, 0.3) is 6.08 Å². The molecular weight excluding hydrogens is 378 g/mol. The summed E-state index contributed by atoms with van der Waals surface area (Å²) in [6.45, 7) is 1.54. The molecule has 3 aromatic heterocycles. The molecule has 0 saturated carbocycles. The summed E-state index contributed by atoms with van der Waals surface area (Å²) in [5.74, 6) is 1.83. The maximum absolute atomic E-state index is 12.6. The summed E-state index contributed by atoms with van der Waals surface area (Å²) in [4.78, 5) is 27.7. The van der Waals surface area contributed by atoms with E-state index in [4.69, 9.17) is 0 Å². The second kappa shape index (κ2) is 9.30. The molecule has 1 amide bonds. The van der Waals surface area contributed by atoms with Crippen LogP contribution < -0.4 is 5.32 Å². The number of pyridine rings is 1. The standard InChI is InChI=1S/C22H25N7O/c1-28-19(9-11-26-28)7-8-22(30)29-12-4-5-17(16-29)13-18-14-25-21(15-24-18)27-20-6-2-3-10-23-20/h2-3,6-11,14-15,17H,4-5,12-13,16H2,1H3,(H,23,25,27)/b8-7+/t17-/m0/s1. The first kappa shape index (κ1) is 19.8. The topological polar surface area (TPSA) is 88.8 Å². The predicted octanol–water partition coefficient (Wildman–Crippen LogP) is 2.84. The van der Waals surface area contributed by atoms with E-state index < -0.39 is 0 Å². The molecule has 154 valence electrons. The fourth-order valence-corrected chi connectivity index (χ4v) is 3.63. The summed E-state index contributed by atoms with van der Waals surface area (Å²) in [7, 11) is 1.86. The third-order valence-corrected chi connectivity index (χ3v) is 5.21. The van der Waals surface area contributed by atoms with Crippen LogP contribution >= 0.6 is 0 Å². The van der Waals surface area contributed by atoms with Crippen molar-refractivity contribution in [1.82, 2.24) is 29.6 Å². The van der Waals surface area contributed by atoms with E-state index in [0.29, 0.717) is 11.7 Å². The fraction of sp³-hybridized carbons (Fsp3) is 0.318. The highest BCUT2D eigenvalue weighted by molar-refractivity contribution is 5.91. The van der Waals surface area contributed by atoms with Gasteiger partial charge in [0.15, 0.2) is 0 Å². The number of rotatable bonds is 6. The highest BCUT2D eigenvalue weighted by Gasteiger charge is 2.23. The number of piperidine rings is 1. The molecule has 0 aromatic carbocycles. The minimum Gasteiger partial charge on any atom is -0.339 e. The zero-order valence-electron chi connectivity index (χ0n) is 17.0. The van der Waals surface area contributed by atoms with Crippen LogP contribution in [0.4, 0.5) is 11.6 Å². The van der Waals surface area contributed by atoms with E-state index >= 15 is 0 Å². The van der Waals surface area contributed by atoms with E-state index in [1.807, 2.05) is 42.3 Å². The average molecular weight is 403 g/mol. The van der Waals surface area contributed by atoms with E-state index in [0.717, 1.165) is 49.6 Å². The number of aromatic nitrogens is 5. The van der Waals surface area contributed by atoms with E-state index in [-0.39, 0.29) is 5.91 Å². The summed E-state index contributed by atoms with van der Waals surface area (Å²) >= 11 is 0. The number of amides is 1. The molecular formula is C22H25N7O. The number of aryl methyl sites for hydroxylation is 1. The van der Waals surface area contributed by atoms with Crippen molar-refractivity contribution < 1.29 is 4.79 Å². The number of carbonyl (C=O) groups excluding carboxylic acids is 1. The van der Waals surface area contributed by atoms with Gasteiger partial charge in [-0.25, -0.2) is 9.97 Å². The van der Waals surface area contributed by atoms with Gasteiger partial charge in [0.1, 0.15) is 11.6 Å². The van der Waals surface area contributed by atoms with Crippen LogP contribution in [0.3, 0.4) is 0 Å². The Kier molecular flexibility index (Phi) is 6.12. The number of carbonyl (C=O) groups is 1. The predicted molar refractivity (Wildman–Crippen MR) is 115 cm³/mol. The Balaban J connectivity index is 1.32. The zero-order valence-corrected chi connectivity index (χ0v) is 17.0. The lowest BCUT2D eigenvalue weighted by molar-refractivity contribution is -0.127. The Morgan fingerprint density at radius 1 is 1.17 bits per heavy atom. The molecule has 0 spiro atoms. The van der Waals surface area contributed by atoms with Crippen LogP contribution in [0.2, 0.25) is 0 Å². The van der Waals surface area contributed by atoms with Crippen LogP contribution in [-0.4, -0.2) is 48.6 Å². The average Bonchev–Trinajstić information content (AvgIpc) is 3.19. The van der Waals surface area contributed by atoms with Gasteiger partial charge in [-0.1, -0.05) is 6.07 Å². The maximum Gasteiger partial charge on any atom is 0.246 e. The summed E-state index contributed by atoms with van der Waals surface area (Å²) < 4.78 is 1.74. The number of hydrogen-bond donors (Lipinski definition) is 1. The van der Waals surface area contributed by atoms with Gasteiger partial charge in [-0.2, -0.15) is 5.10 Å². The Labute approximate surface area is 175 Å². The van der Waals surface area contributed by atoms with E-state index in [2.05, 4.69) is 25.4 Å². The van der Waals surface area contributed by atoms with Crippen molar-refractivity contribution in [3.8, 4) is 0 Å². The lowest BCUT2D eigenvalue weighted by atomic mass is 9.93. The molecule has 1 atom stereocenters. The quantitative estimate of drug-likeness (QED) is 0.637. The summed E-state index contributed by atoms with van der Waals surface area (Å²) in [5.41, 5.74) is 1.85. The van der Waals surface area contributed by atoms with E-state index in [1.165, 1.54) is 0 Å². The highest BCUT2D eigenvalue weighted by atomic mass is 16.2. The first-order valence-corrected chi connectivity index (χ1v) is 10.1. The van der Waals surface area contributed by atoms with Crippen LogP contribution in [-0.2, 0) is 18.3 Å². The van der Waals surface area contributed by atoms with Gasteiger partial charge in [0.25, 0.3) is 0 Å². The number of nitrogens with one attached hydrogen (secondary N) is 1. The lowest BCUT2D eigenvalue weighted by Gasteiger charge is -2.32. The molecule has 1 saturated heterocycles. The number of anilines is 2.